The molecule has 0 aliphatic carbocycles. The van der Waals surface area contributed by atoms with E-state index in [9.17, 15) is 44.4 Å². The van der Waals surface area contributed by atoms with Crippen molar-refractivity contribution in [2.75, 3.05) is 52.0 Å². The molecule has 7 rings (SSSR count). The Morgan fingerprint density at radius 1 is 0.870 bits per heavy atom. The number of ether oxygens (including phenoxy) is 3. The highest BCUT2D eigenvalue weighted by Gasteiger charge is 2.45. The zero-order chi connectivity index (χ0) is 49.6. The second kappa shape index (κ2) is 21.6. The first kappa shape index (κ1) is 50.1. The molecule has 3 aromatic carbocycles. The number of quaternary nitrogens is 1. The van der Waals surface area contributed by atoms with Crippen molar-refractivity contribution < 1.29 is 63.1 Å². The van der Waals surface area contributed by atoms with E-state index in [1.807, 2.05) is 6.07 Å². The molecule has 2 aliphatic heterocycles. The van der Waals surface area contributed by atoms with E-state index in [1.165, 1.54) is 7.11 Å². The number of rotatable bonds is 20. The minimum atomic E-state index is -1.70. The van der Waals surface area contributed by atoms with Gasteiger partial charge in [-0.2, -0.15) is 0 Å². The third kappa shape index (κ3) is 11.7. The van der Waals surface area contributed by atoms with Crippen LogP contribution in [0.1, 0.15) is 65.5 Å². The summed E-state index contributed by atoms with van der Waals surface area (Å²) in [5.74, 6) is -1.20. The number of hydrogen-bond donors (Lipinski definition) is 7. The van der Waals surface area contributed by atoms with Crippen LogP contribution in [-0.4, -0.2) is 146 Å². The largest absolute Gasteiger partial charge is 0.465 e. The fourth-order valence-corrected chi connectivity index (χ4v) is 8.52. The summed E-state index contributed by atoms with van der Waals surface area (Å²) in [6.07, 6.45) is -3.12. The quantitative estimate of drug-likeness (QED) is 0.0334. The third-order valence-electron chi connectivity index (χ3n) is 12.1. The summed E-state index contributed by atoms with van der Waals surface area (Å²) in [5.41, 5.74) is 12.0. The van der Waals surface area contributed by atoms with E-state index in [0.717, 1.165) is 69.7 Å². The number of unbranched alkanes of at least 4 members (excludes halogenated alkanes) is 1. The van der Waals surface area contributed by atoms with Crippen LogP contribution >= 0.6 is 0 Å². The summed E-state index contributed by atoms with van der Waals surface area (Å²) in [5, 5.41) is 47.4. The average Bonchev–Trinajstić information content (AvgIpc) is 3.85. The minimum Gasteiger partial charge on any atom is -0.465 e. The predicted octanol–water partition coefficient (Wildman–Crippen LogP) is 2.06. The van der Waals surface area contributed by atoms with Gasteiger partial charge in [0.2, 0.25) is 18.1 Å². The number of nitrogens with two attached hydrogens (primary N) is 1. The second-order valence-electron chi connectivity index (χ2n) is 17.9. The van der Waals surface area contributed by atoms with Crippen LogP contribution in [0.5, 0.6) is 5.75 Å². The van der Waals surface area contributed by atoms with E-state index < -0.39 is 66.9 Å². The lowest BCUT2D eigenvalue weighted by molar-refractivity contribution is -0.916. The Morgan fingerprint density at radius 2 is 1.57 bits per heavy atom. The highest BCUT2D eigenvalue weighted by Crippen LogP contribution is 2.33. The molecule has 20 heteroatoms. The molecule has 20 nitrogen and oxygen atoms in total. The van der Waals surface area contributed by atoms with Gasteiger partial charge in [0.25, 0.3) is 11.8 Å². The van der Waals surface area contributed by atoms with Crippen molar-refractivity contribution in [1.29, 1.82) is 0 Å². The molecule has 0 unspecified atom stereocenters. The van der Waals surface area contributed by atoms with Crippen LogP contribution in [0.4, 0.5) is 11.5 Å². The molecular formula is C49H59N8O12+. The maximum Gasteiger partial charge on any atom is 0.337 e. The Hall–Kier alpha value is -6.81. The molecule has 4 amide bonds. The van der Waals surface area contributed by atoms with Gasteiger partial charge in [-0.15, -0.1) is 0 Å². The number of nitrogens with one attached hydrogen (secondary N) is 2. The molecule has 2 aromatic heterocycles. The number of esters is 1. The maximum absolute atomic E-state index is 13.3. The number of aromatic nitrogens is 3. The SMILES string of the molecule is CCCCc1nc2c(N)nc3cc(C(=O)OC)ccc3c2n1Cc1ccc(C[N+](C)(C)Cc2ccc(O[C@H]3O[C@H](CO)[C@@H](O)[C@H](O)[C@@H]3O)c(NC(=O)CCNC(=O)CCN3C(=O)C=CC3=O)c2)cc1. The number of nitrogens with zero attached hydrogens (tertiary/aromatic N) is 5. The van der Waals surface area contributed by atoms with E-state index in [1.54, 1.807) is 30.3 Å². The van der Waals surface area contributed by atoms with Crippen molar-refractivity contribution in [1.82, 2.24) is 24.8 Å². The fraction of sp³-hybridized carbons (Fsp3) is 0.408. The Bertz CT molecular complexity index is 2740. The number of aliphatic hydroxyl groups excluding tert-OH is 4. The molecule has 0 radical (unpaired) electrons. The van der Waals surface area contributed by atoms with Gasteiger partial charge in [0.05, 0.1) is 50.1 Å². The number of benzene rings is 3. The zero-order valence-corrected chi connectivity index (χ0v) is 39.0. The van der Waals surface area contributed by atoms with Crippen LogP contribution < -0.4 is 21.1 Å². The number of fused-ring (bicyclic) bond motifs is 3. The first-order valence-electron chi connectivity index (χ1n) is 22.8. The molecule has 0 bridgehead atoms. The Morgan fingerprint density at radius 3 is 2.26 bits per heavy atom. The van der Waals surface area contributed by atoms with Crippen molar-refractivity contribution in [2.45, 2.75) is 89.4 Å². The standard InChI is InChI=1S/C49H58N8O12/c1-5-6-7-37-54-42-43(32-14-13-31(48(66)67-4)23-33(32)53-47(42)50)56(37)24-28-8-10-29(11-9-28)25-57(2,3)26-30-12-15-35(68-49-46(65)45(64)44(63)36(27-58)69-49)34(22-30)52-39(60)18-20-51-38(59)19-21-55-40(61)16-17-41(55)62/h8-17,22-23,36,44-46,49,58,63-65H,5-7,18-21,24-27H2,1-4H3,(H3-,50,51,52,53,59,60)/p+1/t36-,44-,45+,46+,49+/m1/s1. The third-order valence-corrected chi connectivity index (χ3v) is 12.1. The smallest absolute Gasteiger partial charge is 0.337 e. The summed E-state index contributed by atoms with van der Waals surface area (Å²) in [6.45, 7) is 2.93. The van der Waals surface area contributed by atoms with Crippen molar-refractivity contribution in [3.8, 4) is 5.75 Å². The molecule has 8 N–H and O–H groups in total. The molecule has 0 saturated carbocycles. The minimum absolute atomic E-state index is 0.0582. The molecule has 5 atom stereocenters. The molecule has 1 fully saturated rings. The van der Waals surface area contributed by atoms with Crippen LogP contribution in [0.3, 0.4) is 0 Å². The number of aryl methyl sites for hydroxylation is 1. The van der Waals surface area contributed by atoms with Gasteiger partial charge in [0, 0.05) is 67.6 Å². The highest BCUT2D eigenvalue weighted by molar-refractivity contribution is 6.13. The summed E-state index contributed by atoms with van der Waals surface area (Å²) in [6, 6.07) is 18.7. The number of aliphatic hydroxyl groups is 4. The summed E-state index contributed by atoms with van der Waals surface area (Å²) < 4.78 is 19.1. The van der Waals surface area contributed by atoms with Crippen LogP contribution in [0, 0.1) is 0 Å². The predicted molar refractivity (Wildman–Crippen MR) is 252 cm³/mol. The maximum atomic E-state index is 13.3. The van der Waals surface area contributed by atoms with Crippen molar-refractivity contribution in [3.05, 3.63) is 101 Å². The lowest BCUT2D eigenvalue weighted by Crippen LogP contribution is -2.60. The van der Waals surface area contributed by atoms with E-state index in [2.05, 4.69) is 65.5 Å². The van der Waals surface area contributed by atoms with Gasteiger partial charge in [-0.1, -0.05) is 37.6 Å². The van der Waals surface area contributed by atoms with Gasteiger partial charge in [0.1, 0.15) is 54.6 Å². The average molecular weight is 952 g/mol. The molecule has 4 heterocycles. The molecule has 2 aliphatic rings. The van der Waals surface area contributed by atoms with E-state index in [-0.39, 0.29) is 43.2 Å². The number of methoxy groups -OCH3 is 1. The van der Waals surface area contributed by atoms with E-state index in [4.69, 9.17) is 24.9 Å². The number of imide groups is 1. The highest BCUT2D eigenvalue weighted by atomic mass is 16.7. The number of carbonyl (C=O) groups is 5. The molecular weight excluding hydrogens is 893 g/mol. The number of hydrogen-bond acceptors (Lipinski definition) is 15. The molecule has 1 saturated heterocycles. The number of amides is 4. The summed E-state index contributed by atoms with van der Waals surface area (Å²) in [4.78, 5) is 72.3. The lowest BCUT2D eigenvalue weighted by atomic mass is 9.99. The molecule has 366 valence electrons. The Kier molecular flexibility index (Phi) is 15.7. The number of nitrogen functional groups attached to an aromatic ring is 1. The van der Waals surface area contributed by atoms with Gasteiger partial charge in [-0.05, 0) is 48.4 Å². The monoisotopic (exact) mass is 951 g/mol. The number of carbonyl (C=O) groups excluding carboxylic acids is 5. The lowest BCUT2D eigenvalue weighted by Gasteiger charge is -2.39. The molecule has 0 spiro atoms. The van der Waals surface area contributed by atoms with Crippen LogP contribution in [0.2, 0.25) is 0 Å². The van der Waals surface area contributed by atoms with Crippen LogP contribution in [0.25, 0.3) is 21.9 Å². The number of imidazole rings is 1. The van der Waals surface area contributed by atoms with E-state index in [0.29, 0.717) is 40.7 Å². The zero-order valence-electron chi connectivity index (χ0n) is 39.0. The molecule has 5 aromatic rings. The fourth-order valence-electron chi connectivity index (χ4n) is 8.52. The number of pyridine rings is 1. The topological polar surface area (TPSA) is 278 Å². The summed E-state index contributed by atoms with van der Waals surface area (Å²) in [7, 11) is 5.45. The van der Waals surface area contributed by atoms with Crippen LogP contribution in [0.15, 0.2) is 72.8 Å². The van der Waals surface area contributed by atoms with Gasteiger partial charge >= 0.3 is 5.97 Å². The first-order chi connectivity index (χ1) is 33.0. The Balaban J connectivity index is 1.06. The van der Waals surface area contributed by atoms with Gasteiger partial charge in [0.15, 0.2) is 5.82 Å². The number of anilines is 2. The van der Waals surface area contributed by atoms with Crippen molar-refractivity contribution in [2.24, 2.45) is 0 Å². The first-order valence-corrected chi connectivity index (χ1v) is 22.8. The van der Waals surface area contributed by atoms with Gasteiger partial charge < -0.3 is 60.1 Å². The second-order valence-corrected chi connectivity index (χ2v) is 17.9. The van der Waals surface area contributed by atoms with Gasteiger partial charge in [-0.3, -0.25) is 24.1 Å². The van der Waals surface area contributed by atoms with Crippen molar-refractivity contribution >= 4 is 63.0 Å². The van der Waals surface area contributed by atoms with E-state index >= 15 is 0 Å². The van der Waals surface area contributed by atoms with Crippen molar-refractivity contribution in [3.63, 3.8) is 0 Å². The van der Waals surface area contributed by atoms with Crippen LogP contribution in [-0.2, 0) is 54.7 Å². The molecule has 69 heavy (non-hydrogen) atoms. The van der Waals surface area contributed by atoms with Gasteiger partial charge in [-0.25, -0.2) is 14.8 Å². The Labute approximate surface area is 397 Å². The normalized spacial score (nSPS) is 19.4. The summed E-state index contributed by atoms with van der Waals surface area (Å²) >= 11 is 0.